The van der Waals surface area contributed by atoms with Crippen molar-refractivity contribution in [1.82, 2.24) is 0 Å². The number of aliphatic carboxylic acids is 1. The molecule has 1 aromatic rings. The van der Waals surface area contributed by atoms with Gasteiger partial charge in [-0.2, -0.15) is 0 Å². The molecule has 2 rings (SSSR count). The van der Waals surface area contributed by atoms with E-state index in [9.17, 15) is 14.4 Å². The number of ether oxygens (including phenoxy) is 2. The van der Waals surface area contributed by atoms with E-state index in [0.717, 1.165) is 0 Å². The Morgan fingerprint density at radius 1 is 1.29 bits per heavy atom. The smallest absolute Gasteiger partial charge is 0.337 e. The van der Waals surface area contributed by atoms with Crippen molar-refractivity contribution in [1.29, 1.82) is 0 Å². The first-order chi connectivity index (χ1) is 10.0. The van der Waals surface area contributed by atoms with E-state index in [1.165, 1.54) is 13.2 Å². The summed E-state index contributed by atoms with van der Waals surface area (Å²) < 4.78 is 9.75. The zero-order valence-electron chi connectivity index (χ0n) is 11.4. The number of carbonyl (C=O) groups excluding carboxylic acids is 2. The van der Waals surface area contributed by atoms with Gasteiger partial charge in [-0.25, -0.2) is 9.59 Å². The molecule has 0 aromatic heterocycles. The van der Waals surface area contributed by atoms with Gasteiger partial charge >= 0.3 is 11.9 Å². The average Bonchev–Trinajstić information content (AvgIpc) is 2.97. The second kappa shape index (κ2) is 6.36. The molecule has 1 heterocycles. The Labute approximate surface area is 120 Å². The highest BCUT2D eigenvalue weighted by molar-refractivity contribution is 5.96. The van der Waals surface area contributed by atoms with Crippen molar-refractivity contribution < 1.29 is 29.0 Å². The number of nitrogens with one attached hydrogen (secondary N) is 1. The van der Waals surface area contributed by atoms with Gasteiger partial charge in [-0.3, -0.25) is 4.79 Å². The molecule has 2 atom stereocenters. The standard InChI is InChI=1S/C14H15NO6/c1-20-14(19)8-3-2-4-9(7-8)15-12(16)10-5-6-11(21-10)13(17)18/h2-4,7,10-11H,5-6H2,1H3,(H,15,16)(H,17,18). The number of benzene rings is 1. The van der Waals surface area contributed by atoms with Gasteiger partial charge in [-0.15, -0.1) is 0 Å². The zero-order valence-corrected chi connectivity index (χ0v) is 11.4. The number of hydrogen-bond acceptors (Lipinski definition) is 5. The Balaban J connectivity index is 2.00. The Morgan fingerprint density at radius 3 is 2.62 bits per heavy atom. The van der Waals surface area contributed by atoms with Crippen LogP contribution in [0.15, 0.2) is 24.3 Å². The molecule has 1 fully saturated rings. The van der Waals surface area contributed by atoms with Gasteiger partial charge in [0, 0.05) is 5.69 Å². The minimum absolute atomic E-state index is 0.301. The summed E-state index contributed by atoms with van der Waals surface area (Å²) in [5, 5.41) is 11.4. The number of carbonyl (C=O) groups is 3. The van der Waals surface area contributed by atoms with Gasteiger partial charge in [-0.05, 0) is 31.0 Å². The largest absolute Gasteiger partial charge is 0.479 e. The van der Waals surface area contributed by atoms with E-state index >= 15 is 0 Å². The maximum Gasteiger partial charge on any atom is 0.337 e. The molecule has 7 heteroatoms. The number of anilines is 1. The summed E-state index contributed by atoms with van der Waals surface area (Å²) in [7, 11) is 1.27. The summed E-state index contributed by atoms with van der Waals surface area (Å²) in [6.45, 7) is 0. The number of methoxy groups -OCH3 is 1. The molecule has 1 amide bonds. The van der Waals surface area contributed by atoms with Gasteiger partial charge in [0.15, 0.2) is 6.10 Å². The van der Waals surface area contributed by atoms with Crippen molar-refractivity contribution in [3.8, 4) is 0 Å². The summed E-state index contributed by atoms with van der Waals surface area (Å²) in [5.74, 6) is -2.01. The zero-order chi connectivity index (χ0) is 15.4. The molecule has 2 unspecified atom stereocenters. The summed E-state index contributed by atoms with van der Waals surface area (Å²) in [4.78, 5) is 34.2. The first-order valence-electron chi connectivity index (χ1n) is 6.38. The molecule has 0 bridgehead atoms. The lowest BCUT2D eigenvalue weighted by atomic mass is 10.1. The summed E-state index contributed by atoms with van der Waals surface area (Å²) >= 11 is 0. The molecule has 21 heavy (non-hydrogen) atoms. The van der Waals surface area contributed by atoms with Crippen LogP contribution in [0.3, 0.4) is 0 Å². The van der Waals surface area contributed by atoms with Crippen LogP contribution in [0.1, 0.15) is 23.2 Å². The fourth-order valence-corrected chi connectivity index (χ4v) is 2.08. The Kier molecular flexibility index (Phi) is 4.54. The van der Waals surface area contributed by atoms with Crippen LogP contribution in [0.2, 0.25) is 0 Å². The first-order valence-corrected chi connectivity index (χ1v) is 6.38. The number of hydrogen-bond donors (Lipinski definition) is 2. The second-order valence-corrected chi connectivity index (χ2v) is 4.59. The van der Waals surface area contributed by atoms with Gasteiger partial charge in [0.25, 0.3) is 5.91 Å². The number of amides is 1. The Bertz CT molecular complexity index is 570. The number of esters is 1. The van der Waals surface area contributed by atoms with Crippen LogP contribution in [0.5, 0.6) is 0 Å². The highest BCUT2D eigenvalue weighted by Gasteiger charge is 2.34. The van der Waals surface area contributed by atoms with Gasteiger partial charge in [0.1, 0.15) is 6.10 Å². The van der Waals surface area contributed by atoms with E-state index < -0.39 is 30.1 Å². The van der Waals surface area contributed by atoms with E-state index in [4.69, 9.17) is 9.84 Å². The van der Waals surface area contributed by atoms with Crippen molar-refractivity contribution in [2.24, 2.45) is 0 Å². The van der Waals surface area contributed by atoms with Crippen molar-refractivity contribution >= 4 is 23.5 Å². The number of rotatable bonds is 4. The van der Waals surface area contributed by atoms with Crippen LogP contribution >= 0.6 is 0 Å². The lowest BCUT2D eigenvalue weighted by Crippen LogP contribution is -2.30. The average molecular weight is 293 g/mol. The lowest BCUT2D eigenvalue weighted by molar-refractivity contribution is -0.150. The molecule has 0 aliphatic carbocycles. The Hall–Kier alpha value is -2.41. The molecule has 2 N–H and O–H groups in total. The van der Waals surface area contributed by atoms with E-state index in [1.807, 2.05) is 0 Å². The minimum atomic E-state index is -1.07. The van der Waals surface area contributed by atoms with Crippen molar-refractivity contribution in [3.63, 3.8) is 0 Å². The quantitative estimate of drug-likeness (QED) is 0.804. The molecule has 1 aromatic carbocycles. The summed E-state index contributed by atoms with van der Waals surface area (Å²) in [5.41, 5.74) is 0.733. The number of carboxylic acids is 1. The molecule has 0 saturated carbocycles. The van der Waals surface area contributed by atoms with Crippen LogP contribution in [0.4, 0.5) is 5.69 Å². The molecule has 1 aliphatic heterocycles. The SMILES string of the molecule is COC(=O)c1cccc(NC(=O)C2CCC(C(=O)O)O2)c1. The molecule has 1 aliphatic rings. The maximum atomic E-state index is 12.0. The van der Waals surface area contributed by atoms with Crippen LogP contribution < -0.4 is 5.32 Å². The fraction of sp³-hybridized carbons (Fsp3) is 0.357. The third-order valence-electron chi connectivity index (χ3n) is 3.14. The molecule has 0 radical (unpaired) electrons. The van der Waals surface area contributed by atoms with Crippen molar-refractivity contribution in [2.45, 2.75) is 25.0 Å². The van der Waals surface area contributed by atoms with E-state index in [2.05, 4.69) is 10.1 Å². The third-order valence-corrected chi connectivity index (χ3v) is 3.14. The van der Waals surface area contributed by atoms with E-state index in [-0.39, 0.29) is 0 Å². The topological polar surface area (TPSA) is 102 Å². The minimum Gasteiger partial charge on any atom is -0.479 e. The number of carboxylic acid groups (broad SMARTS) is 1. The molecular formula is C14H15NO6. The second-order valence-electron chi connectivity index (χ2n) is 4.59. The van der Waals surface area contributed by atoms with E-state index in [1.54, 1.807) is 18.2 Å². The Morgan fingerprint density at radius 2 is 2.00 bits per heavy atom. The molecule has 1 saturated heterocycles. The predicted molar refractivity (Wildman–Crippen MR) is 71.9 cm³/mol. The van der Waals surface area contributed by atoms with Crippen LogP contribution in [-0.4, -0.2) is 42.3 Å². The van der Waals surface area contributed by atoms with E-state index in [0.29, 0.717) is 24.1 Å². The summed E-state index contributed by atoms with van der Waals surface area (Å²) in [6, 6.07) is 6.27. The van der Waals surface area contributed by atoms with Crippen LogP contribution in [0.25, 0.3) is 0 Å². The monoisotopic (exact) mass is 293 g/mol. The highest BCUT2D eigenvalue weighted by Crippen LogP contribution is 2.21. The lowest BCUT2D eigenvalue weighted by Gasteiger charge is -2.12. The van der Waals surface area contributed by atoms with Gasteiger partial charge in [-0.1, -0.05) is 6.07 Å². The summed E-state index contributed by atoms with van der Waals surface area (Å²) in [6.07, 6.45) is -1.09. The molecule has 0 spiro atoms. The van der Waals surface area contributed by atoms with Crippen LogP contribution in [-0.2, 0) is 19.1 Å². The molecule has 112 valence electrons. The van der Waals surface area contributed by atoms with Crippen molar-refractivity contribution in [3.05, 3.63) is 29.8 Å². The highest BCUT2D eigenvalue weighted by atomic mass is 16.5. The van der Waals surface area contributed by atoms with Gasteiger partial charge in [0.05, 0.1) is 12.7 Å². The normalized spacial score (nSPS) is 20.8. The predicted octanol–water partition coefficient (Wildman–Crippen LogP) is 1.04. The molecule has 7 nitrogen and oxygen atoms in total. The van der Waals surface area contributed by atoms with Crippen molar-refractivity contribution in [2.75, 3.05) is 12.4 Å². The molecular weight excluding hydrogens is 278 g/mol. The van der Waals surface area contributed by atoms with Crippen LogP contribution in [0, 0.1) is 0 Å². The van der Waals surface area contributed by atoms with Gasteiger partial charge in [0.2, 0.25) is 0 Å². The van der Waals surface area contributed by atoms with Gasteiger partial charge < -0.3 is 19.9 Å². The fourth-order valence-electron chi connectivity index (χ4n) is 2.08. The maximum absolute atomic E-state index is 12.0. The third kappa shape index (κ3) is 3.57. The first kappa shape index (κ1) is 15.0.